The third kappa shape index (κ3) is 5.63. The number of phenols is 1. The molecule has 0 spiro atoms. The van der Waals surface area contributed by atoms with Gasteiger partial charge in [0.25, 0.3) is 5.69 Å². The summed E-state index contributed by atoms with van der Waals surface area (Å²) >= 11 is 6.41. The number of aromatic hydroxyl groups is 1. The number of amides is 4. The third-order valence-corrected chi connectivity index (χ3v) is 12.3. The van der Waals surface area contributed by atoms with Crippen LogP contribution >= 0.6 is 11.6 Å². The van der Waals surface area contributed by atoms with Gasteiger partial charge in [-0.1, -0.05) is 102 Å². The largest absolute Gasteiger partial charge is 0.508 e. The Morgan fingerprint density at radius 2 is 1.47 bits per heavy atom. The first kappa shape index (κ1) is 36.1. The van der Waals surface area contributed by atoms with Crippen molar-refractivity contribution in [2.45, 2.75) is 30.8 Å². The number of hydrogen-bond acceptors (Lipinski definition) is 8. The molecule has 12 heteroatoms. The molecule has 9 rings (SSSR count). The van der Waals surface area contributed by atoms with E-state index in [2.05, 4.69) is 0 Å². The molecule has 284 valence electrons. The van der Waals surface area contributed by atoms with Crippen LogP contribution in [-0.2, 0) is 31.2 Å². The van der Waals surface area contributed by atoms with Gasteiger partial charge in [0.1, 0.15) is 18.1 Å². The molecule has 0 unspecified atom stereocenters. The topological polar surface area (TPSA) is 147 Å². The van der Waals surface area contributed by atoms with E-state index < -0.39 is 63.6 Å². The number of anilines is 2. The van der Waals surface area contributed by atoms with Crippen molar-refractivity contribution in [2.24, 2.45) is 23.7 Å². The first-order valence-electron chi connectivity index (χ1n) is 18.6. The molecule has 4 amide bonds. The lowest BCUT2D eigenvalue weighted by Crippen LogP contribution is -2.53. The number of carbonyl (C=O) groups excluding carboxylic acids is 4. The fraction of sp³-hybridized carbons (Fsp3) is 0.200. The SMILES string of the molecule is O=C1[C@H]2[C@H](CC=C3[C@H]2C[C@H]2C(=O)N(c4cccc(Cl)c4)C(=O)[C@@]2(c2ccccc2)[C@H]3c2ccc(OCc3ccccc3)cc2O)C(=O)N1c1cccc([N+](=O)[O-])c1. The summed E-state index contributed by atoms with van der Waals surface area (Å²) in [5.74, 6) is -6.28. The molecule has 5 aromatic rings. The van der Waals surface area contributed by atoms with Crippen LogP contribution in [0.2, 0.25) is 5.02 Å². The number of nitro groups is 1. The molecule has 11 nitrogen and oxygen atoms in total. The van der Waals surface area contributed by atoms with E-state index in [1.54, 1.807) is 48.5 Å². The van der Waals surface area contributed by atoms with Crippen molar-refractivity contribution in [2.75, 3.05) is 9.80 Å². The Balaban J connectivity index is 1.21. The van der Waals surface area contributed by atoms with Crippen LogP contribution in [0.1, 0.15) is 35.4 Å². The first-order valence-corrected chi connectivity index (χ1v) is 19.0. The lowest BCUT2D eigenvalue weighted by atomic mass is 9.49. The highest BCUT2D eigenvalue weighted by molar-refractivity contribution is 6.32. The number of hydrogen-bond donors (Lipinski definition) is 1. The van der Waals surface area contributed by atoms with Gasteiger partial charge in [-0.2, -0.15) is 0 Å². The van der Waals surface area contributed by atoms with E-state index in [0.29, 0.717) is 27.5 Å². The summed E-state index contributed by atoms with van der Waals surface area (Å²) in [4.78, 5) is 72.5. The number of benzene rings is 5. The van der Waals surface area contributed by atoms with E-state index in [1.165, 1.54) is 30.3 Å². The van der Waals surface area contributed by atoms with Crippen LogP contribution in [0.5, 0.6) is 11.5 Å². The van der Waals surface area contributed by atoms with E-state index in [0.717, 1.165) is 15.4 Å². The Morgan fingerprint density at radius 3 is 2.18 bits per heavy atom. The third-order valence-electron chi connectivity index (χ3n) is 12.0. The number of non-ortho nitro benzene ring substituents is 1. The van der Waals surface area contributed by atoms with Gasteiger partial charge in [-0.15, -0.1) is 0 Å². The number of phenolic OH excluding ortho intramolecular Hbond substituents is 1. The van der Waals surface area contributed by atoms with E-state index >= 15 is 9.59 Å². The lowest BCUT2D eigenvalue weighted by molar-refractivity contribution is -0.384. The summed E-state index contributed by atoms with van der Waals surface area (Å²) in [7, 11) is 0. The molecule has 4 aliphatic rings. The Kier molecular flexibility index (Phi) is 8.77. The van der Waals surface area contributed by atoms with Crippen LogP contribution in [-0.4, -0.2) is 33.7 Å². The molecule has 2 aliphatic heterocycles. The molecule has 5 aromatic carbocycles. The van der Waals surface area contributed by atoms with Crippen molar-refractivity contribution in [1.29, 1.82) is 0 Å². The Labute approximate surface area is 331 Å². The molecule has 0 aromatic heterocycles. The normalized spacial score (nSPS) is 25.1. The molecule has 0 bridgehead atoms. The number of fused-ring (bicyclic) bond motifs is 4. The van der Waals surface area contributed by atoms with Gasteiger partial charge in [-0.05, 0) is 60.2 Å². The van der Waals surface area contributed by atoms with Crippen LogP contribution in [0.15, 0.2) is 139 Å². The molecule has 2 heterocycles. The molecule has 57 heavy (non-hydrogen) atoms. The summed E-state index contributed by atoms with van der Waals surface area (Å²) in [5.41, 5.74) is 1.00. The molecule has 0 radical (unpaired) electrons. The van der Waals surface area contributed by atoms with Gasteiger partial charge in [0.2, 0.25) is 23.6 Å². The number of nitro benzene ring substituents is 1. The zero-order valence-corrected chi connectivity index (χ0v) is 31.0. The molecule has 1 saturated carbocycles. The van der Waals surface area contributed by atoms with Crippen LogP contribution in [0, 0.1) is 33.8 Å². The minimum atomic E-state index is -1.59. The van der Waals surface area contributed by atoms with Gasteiger partial charge in [0.05, 0.1) is 39.5 Å². The van der Waals surface area contributed by atoms with Crippen molar-refractivity contribution in [3.05, 3.63) is 171 Å². The maximum atomic E-state index is 15.5. The predicted molar refractivity (Wildman–Crippen MR) is 211 cm³/mol. The van der Waals surface area contributed by atoms with Crippen LogP contribution in [0.4, 0.5) is 17.1 Å². The monoisotopic (exact) mass is 779 g/mol. The molecular weight excluding hydrogens is 746 g/mol. The smallest absolute Gasteiger partial charge is 0.271 e. The minimum Gasteiger partial charge on any atom is -0.508 e. The van der Waals surface area contributed by atoms with Crippen molar-refractivity contribution in [3.8, 4) is 11.5 Å². The number of allylic oxidation sites excluding steroid dienone is 2. The van der Waals surface area contributed by atoms with Crippen LogP contribution < -0.4 is 14.5 Å². The summed E-state index contributed by atoms with van der Waals surface area (Å²) in [6.07, 6.45) is 2.07. The number of carbonyl (C=O) groups is 4. The standard InChI is InChI=1S/C45H34ClN3O8/c46-28-13-7-14-29(21-28)48-42(52)37-24-36-33(19-20-35-39(36)43(53)47(41(35)51)30-15-8-16-31(22-30)49(55)56)40(45(37,44(48)54)27-11-5-2-6-12-27)34-18-17-32(23-38(34)50)57-25-26-9-3-1-4-10-26/h1-19,21-23,35-37,39-40,50H,20,24-25H2/t35-,36+,37-,39-,40+,45+/m0/s1. The van der Waals surface area contributed by atoms with E-state index in [1.807, 2.05) is 54.6 Å². The van der Waals surface area contributed by atoms with Gasteiger partial charge in [0, 0.05) is 34.7 Å². The molecule has 3 fully saturated rings. The van der Waals surface area contributed by atoms with E-state index in [-0.39, 0.29) is 42.3 Å². The maximum Gasteiger partial charge on any atom is 0.271 e. The molecule has 2 aliphatic carbocycles. The van der Waals surface area contributed by atoms with Crippen LogP contribution in [0.25, 0.3) is 0 Å². The van der Waals surface area contributed by atoms with Gasteiger partial charge in [-0.3, -0.25) is 29.3 Å². The molecular formula is C45H34ClN3O8. The van der Waals surface area contributed by atoms with Crippen molar-refractivity contribution >= 4 is 52.3 Å². The minimum absolute atomic E-state index is 0.0425. The summed E-state index contributed by atoms with van der Waals surface area (Å²) in [6, 6.07) is 35.4. The zero-order chi connectivity index (χ0) is 39.6. The number of halogens is 1. The second kappa shape index (κ2) is 13.9. The average Bonchev–Trinajstić information content (AvgIpc) is 3.61. The number of nitrogens with zero attached hydrogens (tertiary/aromatic N) is 3. The summed E-state index contributed by atoms with van der Waals surface area (Å²) in [6.45, 7) is 0.244. The second-order valence-electron chi connectivity index (χ2n) is 14.9. The van der Waals surface area contributed by atoms with Crippen molar-refractivity contribution in [3.63, 3.8) is 0 Å². The Morgan fingerprint density at radius 1 is 0.772 bits per heavy atom. The van der Waals surface area contributed by atoms with Crippen LogP contribution in [0.3, 0.4) is 0 Å². The Hall–Kier alpha value is -6.59. The van der Waals surface area contributed by atoms with E-state index in [4.69, 9.17) is 16.3 Å². The number of rotatable bonds is 8. The highest BCUT2D eigenvalue weighted by Crippen LogP contribution is 2.65. The second-order valence-corrected chi connectivity index (χ2v) is 15.3. The average molecular weight is 780 g/mol. The molecule has 2 saturated heterocycles. The summed E-state index contributed by atoms with van der Waals surface area (Å²) in [5, 5.41) is 24.0. The number of imide groups is 2. The van der Waals surface area contributed by atoms with E-state index in [9.17, 15) is 24.8 Å². The van der Waals surface area contributed by atoms with Gasteiger partial charge < -0.3 is 9.84 Å². The first-order chi connectivity index (χ1) is 27.6. The van der Waals surface area contributed by atoms with Crippen molar-refractivity contribution in [1.82, 2.24) is 0 Å². The number of ether oxygens (including phenoxy) is 1. The zero-order valence-electron chi connectivity index (χ0n) is 30.2. The highest BCUT2D eigenvalue weighted by Gasteiger charge is 2.70. The van der Waals surface area contributed by atoms with Gasteiger partial charge in [0.15, 0.2) is 0 Å². The maximum absolute atomic E-state index is 15.5. The fourth-order valence-corrected chi connectivity index (χ4v) is 9.87. The quantitative estimate of drug-likeness (QED) is 0.0724. The highest BCUT2D eigenvalue weighted by atomic mass is 35.5. The summed E-state index contributed by atoms with van der Waals surface area (Å²) < 4.78 is 6.06. The molecule has 1 N–H and O–H groups in total. The predicted octanol–water partition coefficient (Wildman–Crippen LogP) is 7.90. The molecule has 6 atom stereocenters. The lowest BCUT2D eigenvalue weighted by Gasteiger charge is -2.50. The Bertz CT molecular complexity index is 2530. The van der Waals surface area contributed by atoms with Gasteiger partial charge >= 0.3 is 0 Å². The van der Waals surface area contributed by atoms with Crippen molar-refractivity contribution < 1.29 is 33.9 Å². The fourth-order valence-electron chi connectivity index (χ4n) is 9.69. The van der Waals surface area contributed by atoms with Gasteiger partial charge in [-0.25, -0.2) is 9.80 Å².